The van der Waals surface area contributed by atoms with Crippen molar-refractivity contribution in [2.75, 3.05) is 26.7 Å². The van der Waals surface area contributed by atoms with Crippen molar-refractivity contribution in [3.05, 3.63) is 30.4 Å². The molecule has 0 amide bonds. The second-order valence-corrected chi connectivity index (χ2v) is 4.40. The molecular weight excluding hydrogens is 266 g/mol. The lowest BCUT2D eigenvalue weighted by Gasteiger charge is -2.30. The first-order valence-electron chi connectivity index (χ1n) is 5.99. The number of piperazine rings is 1. The molecule has 0 bridgehead atoms. The van der Waals surface area contributed by atoms with Crippen LogP contribution in [0.25, 0.3) is 11.5 Å². The molecule has 1 N–H and O–H groups in total. The highest BCUT2D eigenvalue weighted by molar-refractivity contribution is 5.85. The summed E-state index contributed by atoms with van der Waals surface area (Å²) < 4.78 is 5.30. The molecule has 1 saturated heterocycles. The Bertz CT molecular complexity index is 518. The molecule has 6 nitrogen and oxygen atoms in total. The first-order valence-corrected chi connectivity index (χ1v) is 5.99. The van der Waals surface area contributed by atoms with E-state index in [1.54, 1.807) is 12.4 Å². The number of hydrogen-bond donors (Lipinski definition) is 1. The van der Waals surface area contributed by atoms with Crippen LogP contribution in [0.4, 0.5) is 0 Å². The molecule has 1 aliphatic heterocycles. The van der Waals surface area contributed by atoms with Crippen LogP contribution in [-0.2, 0) is 0 Å². The normalized spacial score (nSPS) is 19.9. The summed E-state index contributed by atoms with van der Waals surface area (Å²) >= 11 is 0. The molecule has 7 heteroatoms. The average Bonchev–Trinajstić information content (AvgIpc) is 2.90. The highest BCUT2D eigenvalue weighted by atomic mass is 35.5. The molecule has 0 saturated carbocycles. The fraction of sp³-hybridized carbons (Fsp3) is 0.417. The summed E-state index contributed by atoms with van der Waals surface area (Å²) in [6.45, 7) is 2.84. The zero-order chi connectivity index (χ0) is 12.4. The van der Waals surface area contributed by atoms with E-state index in [0.29, 0.717) is 5.89 Å². The Hall–Kier alpha value is -1.50. The Balaban J connectivity index is 0.00000133. The van der Waals surface area contributed by atoms with Crippen molar-refractivity contribution in [1.29, 1.82) is 0 Å². The minimum atomic E-state index is 0. The van der Waals surface area contributed by atoms with Gasteiger partial charge in [0.05, 0.1) is 11.6 Å². The lowest BCUT2D eigenvalue weighted by atomic mass is 10.2. The molecule has 1 aliphatic rings. The summed E-state index contributed by atoms with van der Waals surface area (Å²) in [6, 6.07) is 3.94. The molecule has 3 rings (SSSR count). The van der Waals surface area contributed by atoms with Gasteiger partial charge in [-0.15, -0.1) is 12.4 Å². The van der Waals surface area contributed by atoms with Gasteiger partial charge in [0.25, 0.3) is 5.89 Å². The van der Waals surface area contributed by atoms with Gasteiger partial charge in [-0.25, -0.2) is 0 Å². The van der Waals surface area contributed by atoms with Crippen molar-refractivity contribution in [3.63, 3.8) is 0 Å². The third kappa shape index (κ3) is 2.91. The van der Waals surface area contributed by atoms with Gasteiger partial charge in [0.15, 0.2) is 5.82 Å². The molecular formula is C12H16ClN5O. The van der Waals surface area contributed by atoms with Crippen molar-refractivity contribution in [2.24, 2.45) is 0 Å². The SMILES string of the molecule is CN1CCNCC1c1noc(-c2cccnc2)n1.Cl. The fourth-order valence-electron chi connectivity index (χ4n) is 2.07. The number of halogens is 1. The largest absolute Gasteiger partial charge is 0.334 e. The third-order valence-corrected chi connectivity index (χ3v) is 3.16. The van der Waals surface area contributed by atoms with Gasteiger partial charge < -0.3 is 9.84 Å². The van der Waals surface area contributed by atoms with Crippen LogP contribution in [0, 0.1) is 0 Å². The Morgan fingerprint density at radius 2 is 2.37 bits per heavy atom. The Kier molecular flexibility index (Phi) is 4.47. The number of rotatable bonds is 2. The second-order valence-electron chi connectivity index (χ2n) is 4.40. The van der Waals surface area contributed by atoms with Crippen molar-refractivity contribution in [2.45, 2.75) is 6.04 Å². The van der Waals surface area contributed by atoms with E-state index >= 15 is 0 Å². The molecule has 0 radical (unpaired) electrons. The van der Waals surface area contributed by atoms with Gasteiger partial charge in [-0.1, -0.05) is 5.16 Å². The van der Waals surface area contributed by atoms with Gasteiger partial charge in [0.2, 0.25) is 0 Å². The smallest absolute Gasteiger partial charge is 0.259 e. The van der Waals surface area contributed by atoms with Crippen LogP contribution in [0.2, 0.25) is 0 Å². The first kappa shape index (κ1) is 13.9. The van der Waals surface area contributed by atoms with E-state index in [-0.39, 0.29) is 18.4 Å². The van der Waals surface area contributed by atoms with Crippen LogP contribution >= 0.6 is 12.4 Å². The number of nitrogens with zero attached hydrogens (tertiary/aromatic N) is 4. The number of pyridine rings is 1. The van der Waals surface area contributed by atoms with E-state index in [1.165, 1.54) is 0 Å². The van der Waals surface area contributed by atoms with Gasteiger partial charge in [-0.2, -0.15) is 4.98 Å². The molecule has 2 aromatic heterocycles. The minimum absolute atomic E-state index is 0. The van der Waals surface area contributed by atoms with Crippen molar-refractivity contribution < 1.29 is 4.52 Å². The van der Waals surface area contributed by atoms with E-state index in [2.05, 4.69) is 32.4 Å². The summed E-state index contributed by atoms with van der Waals surface area (Å²) in [5.74, 6) is 1.25. The summed E-state index contributed by atoms with van der Waals surface area (Å²) in [7, 11) is 2.08. The number of likely N-dealkylation sites (N-methyl/N-ethyl adjacent to an activating group) is 1. The molecule has 19 heavy (non-hydrogen) atoms. The van der Waals surface area contributed by atoms with E-state index in [9.17, 15) is 0 Å². The predicted molar refractivity (Wildman–Crippen MR) is 73.0 cm³/mol. The van der Waals surface area contributed by atoms with Crippen molar-refractivity contribution >= 4 is 12.4 Å². The van der Waals surface area contributed by atoms with E-state index < -0.39 is 0 Å². The van der Waals surface area contributed by atoms with Crippen LogP contribution in [0.1, 0.15) is 11.9 Å². The summed E-state index contributed by atoms with van der Waals surface area (Å²) in [6.07, 6.45) is 3.44. The zero-order valence-electron chi connectivity index (χ0n) is 10.6. The van der Waals surface area contributed by atoms with Crippen molar-refractivity contribution in [1.82, 2.24) is 25.3 Å². The second kappa shape index (κ2) is 6.10. The Labute approximate surface area is 117 Å². The first-order chi connectivity index (χ1) is 8.84. The highest BCUT2D eigenvalue weighted by Gasteiger charge is 2.25. The lowest BCUT2D eigenvalue weighted by molar-refractivity contribution is 0.190. The predicted octanol–water partition coefficient (Wildman–Crippen LogP) is 1.13. The molecule has 0 aliphatic carbocycles. The summed E-state index contributed by atoms with van der Waals surface area (Å²) in [5, 5.41) is 7.41. The third-order valence-electron chi connectivity index (χ3n) is 3.16. The minimum Gasteiger partial charge on any atom is -0.334 e. The van der Waals surface area contributed by atoms with Crippen molar-refractivity contribution in [3.8, 4) is 11.5 Å². The molecule has 0 spiro atoms. The van der Waals surface area contributed by atoms with Gasteiger partial charge in [-0.3, -0.25) is 9.88 Å². The van der Waals surface area contributed by atoms with Gasteiger partial charge in [0.1, 0.15) is 0 Å². The molecule has 1 fully saturated rings. The number of hydrogen-bond acceptors (Lipinski definition) is 6. The van der Waals surface area contributed by atoms with Crippen LogP contribution in [0.5, 0.6) is 0 Å². The monoisotopic (exact) mass is 281 g/mol. The van der Waals surface area contributed by atoms with Crippen LogP contribution in [0.15, 0.2) is 29.0 Å². The lowest BCUT2D eigenvalue weighted by Crippen LogP contribution is -2.44. The van der Waals surface area contributed by atoms with Gasteiger partial charge in [0, 0.05) is 32.0 Å². The van der Waals surface area contributed by atoms with Crippen LogP contribution in [0.3, 0.4) is 0 Å². The number of nitrogens with one attached hydrogen (secondary N) is 1. The average molecular weight is 282 g/mol. The van der Waals surface area contributed by atoms with E-state index in [4.69, 9.17) is 4.52 Å². The Morgan fingerprint density at radius 1 is 1.47 bits per heavy atom. The van der Waals surface area contributed by atoms with Crippen LogP contribution in [-0.4, -0.2) is 46.7 Å². The maximum absolute atomic E-state index is 5.30. The molecule has 3 heterocycles. The molecule has 2 aromatic rings. The fourth-order valence-corrected chi connectivity index (χ4v) is 2.07. The number of aromatic nitrogens is 3. The molecule has 1 atom stereocenters. The summed E-state index contributed by atoms with van der Waals surface area (Å²) in [5.41, 5.74) is 0.850. The maximum atomic E-state index is 5.30. The topological polar surface area (TPSA) is 67.1 Å². The molecule has 102 valence electrons. The molecule has 0 aromatic carbocycles. The summed E-state index contributed by atoms with van der Waals surface area (Å²) in [4.78, 5) is 10.7. The quantitative estimate of drug-likeness (QED) is 0.890. The van der Waals surface area contributed by atoms with E-state index in [1.807, 2.05) is 12.1 Å². The Morgan fingerprint density at radius 3 is 3.11 bits per heavy atom. The maximum Gasteiger partial charge on any atom is 0.259 e. The molecule has 1 unspecified atom stereocenters. The zero-order valence-corrected chi connectivity index (χ0v) is 11.4. The standard InChI is InChI=1S/C12H15N5O.ClH/c1-17-6-5-14-8-10(17)11-15-12(18-16-11)9-3-2-4-13-7-9;/h2-4,7,10,14H,5-6,8H2,1H3;1H. The van der Waals surface area contributed by atoms with Gasteiger partial charge in [-0.05, 0) is 19.2 Å². The highest BCUT2D eigenvalue weighted by Crippen LogP contribution is 2.21. The van der Waals surface area contributed by atoms with Crippen LogP contribution < -0.4 is 5.32 Å². The van der Waals surface area contributed by atoms with Gasteiger partial charge >= 0.3 is 0 Å². The van der Waals surface area contributed by atoms with E-state index in [0.717, 1.165) is 31.0 Å².